The molecule has 6 nitrogen and oxygen atoms in total. The van der Waals surface area contributed by atoms with Gasteiger partial charge in [-0.25, -0.2) is 13.6 Å². The number of nitrogens with one attached hydrogen (secondary N) is 1. The van der Waals surface area contributed by atoms with Crippen LogP contribution in [0.25, 0.3) is 0 Å². The molecule has 1 amide bonds. The van der Waals surface area contributed by atoms with Gasteiger partial charge in [0.2, 0.25) is 10.0 Å². The number of piperidine rings is 1. The van der Waals surface area contributed by atoms with Gasteiger partial charge in [-0.2, -0.15) is 0 Å². The topological polar surface area (TPSA) is 92.5 Å². The molecule has 1 aliphatic heterocycles. The number of rotatable bonds is 6. The molecule has 0 aliphatic carbocycles. The summed E-state index contributed by atoms with van der Waals surface area (Å²) in [4.78, 5) is 14.8. The minimum atomic E-state index is -3.56. The highest BCUT2D eigenvalue weighted by Crippen LogP contribution is 2.15. The molecule has 2 aromatic carbocycles. The Morgan fingerprint density at radius 1 is 0.926 bits per heavy atom. The maximum Gasteiger partial charge on any atom is 0.255 e. The zero-order valence-corrected chi connectivity index (χ0v) is 16.0. The third-order valence-electron chi connectivity index (χ3n) is 4.65. The van der Waals surface area contributed by atoms with Gasteiger partial charge in [0.15, 0.2) is 0 Å². The van der Waals surface area contributed by atoms with E-state index in [1.165, 1.54) is 24.8 Å². The maximum absolute atomic E-state index is 12.4. The second-order valence-electron chi connectivity index (χ2n) is 6.99. The first-order chi connectivity index (χ1) is 12.9. The van der Waals surface area contributed by atoms with Gasteiger partial charge in [0.1, 0.15) is 0 Å². The van der Waals surface area contributed by atoms with Crippen LogP contribution in [0.15, 0.2) is 48.5 Å². The molecule has 3 rings (SSSR count). The summed E-state index contributed by atoms with van der Waals surface area (Å²) in [6.07, 6.45) is 3.84. The Morgan fingerprint density at radius 2 is 1.52 bits per heavy atom. The van der Waals surface area contributed by atoms with E-state index in [0.29, 0.717) is 16.8 Å². The quantitative estimate of drug-likeness (QED) is 0.797. The number of sulfonamides is 1. The van der Waals surface area contributed by atoms with Crippen LogP contribution in [-0.4, -0.2) is 32.3 Å². The fourth-order valence-corrected chi connectivity index (χ4v) is 3.91. The number of carbonyl (C=O) groups excluding carboxylic acids is 1. The largest absolute Gasteiger partial charge is 0.322 e. The van der Waals surface area contributed by atoms with Crippen LogP contribution in [0.2, 0.25) is 0 Å². The molecule has 1 saturated heterocycles. The van der Waals surface area contributed by atoms with Crippen LogP contribution < -0.4 is 10.5 Å². The van der Waals surface area contributed by atoms with Crippen LogP contribution in [0, 0.1) is 0 Å². The summed E-state index contributed by atoms with van der Waals surface area (Å²) in [5.41, 5.74) is 2.99. The minimum Gasteiger partial charge on any atom is -0.322 e. The van der Waals surface area contributed by atoms with Crippen LogP contribution in [0.5, 0.6) is 0 Å². The fraction of sp³-hybridized carbons (Fsp3) is 0.350. The third kappa shape index (κ3) is 6.16. The second-order valence-corrected chi connectivity index (χ2v) is 8.61. The van der Waals surface area contributed by atoms with E-state index < -0.39 is 10.0 Å². The number of anilines is 1. The van der Waals surface area contributed by atoms with Crippen molar-refractivity contribution >= 4 is 21.6 Å². The number of hydrogen-bond donors (Lipinski definition) is 2. The maximum atomic E-state index is 12.4. The highest BCUT2D eigenvalue weighted by molar-refractivity contribution is 7.88. The number of nitrogens with zero attached hydrogens (tertiary/aromatic N) is 1. The lowest BCUT2D eigenvalue weighted by Gasteiger charge is -2.26. The Balaban J connectivity index is 1.57. The lowest BCUT2D eigenvalue weighted by Crippen LogP contribution is -2.29. The first-order valence-electron chi connectivity index (χ1n) is 9.11. The Bertz CT molecular complexity index is 872. The lowest BCUT2D eigenvalue weighted by atomic mass is 10.1. The molecule has 0 aromatic heterocycles. The van der Waals surface area contributed by atoms with Gasteiger partial charge in [0.05, 0.1) is 5.75 Å². The van der Waals surface area contributed by atoms with Crippen LogP contribution >= 0.6 is 0 Å². The molecule has 0 unspecified atom stereocenters. The van der Waals surface area contributed by atoms with Crippen LogP contribution in [-0.2, 0) is 22.3 Å². The van der Waals surface area contributed by atoms with Crippen molar-refractivity contribution < 1.29 is 13.2 Å². The summed E-state index contributed by atoms with van der Waals surface area (Å²) >= 11 is 0. The molecule has 0 spiro atoms. The summed E-state index contributed by atoms with van der Waals surface area (Å²) in [5, 5.41) is 7.85. The first-order valence-corrected chi connectivity index (χ1v) is 10.8. The average molecular weight is 388 g/mol. The van der Waals surface area contributed by atoms with E-state index >= 15 is 0 Å². The molecule has 2 aromatic rings. The van der Waals surface area contributed by atoms with E-state index in [9.17, 15) is 13.2 Å². The third-order valence-corrected chi connectivity index (χ3v) is 5.39. The number of likely N-dealkylation sites (tertiary alicyclic amines) is 1. The van der Waals surface area contributed by atoms with E-state index in [-0.39, 0.29) is 11.7 Å². The molecule has 0 bridgehead atoms. The molecule has 1 aliphatic rings. The van der Waals surface area contributed by atoms with Crippen molar-refractivity contribution in [2.75, 3.05) is 18.4 Å². The van der Waals surface area contributed by atoms with Gasteiger partial charge in [-0.3, -0.25) is 9.69 Å². The average Bonchev–Trinajstić information content (AvgIpc) is 2.63. The molecule has 1 heterocycles. The van der Waals surface area contributed by atoms with Gasteiger partial charge in [0, 0.05) is 17.8 Å². The van der Waals surface area contributed by atoms with Crippen molar-refractivity contribution in [2.45, 2.75) is 31.6 Å². The molecule has 7 heteroatoms. The number of amides is 1. The molecule has 144 valence electrons. The molecule has 0 atom stereocenters. The zero-order valence-electron chi connectivity index (χ0n) is 15.2. The standard InChI is InChI=1S/C20H25N3O3S/c21-27(25,26)15-17-6-10-19(11-7-17)22-20(24)18-8-4-16(5-9-18)14-23-12-2-1-3-13-23/h4-11H,1-3,12-15H2,(H,22,24)(H2,21,25,26). The minimum absolute atomic E-state index is 0.196. The van der Waals surface area contributed by atoms with Gasteiger partial charge in [-0.05, 0) is 61.3 Å². The van der Waals surface area contributed by atoms with Crippen molar-refractivity contribution in [3.63, 3.8) is 0 Å². The van der Waals surface area contributed by atoms with Crippen LogP contribution in [0.1, 0.15) is 40.7 Å². The summed E-state index contributed by atoms with van der Waals surface area (Å²) in [7, 11) is -3.56. The highest BCUT2D eigenvalue weighted by atomic mass is 32.2. The van der Waals surface area contributed by atoms with E-state index in [2.05, 4.69) is 10.2 Å². The number of carbonyl (C=O) groups is 1. The van der Waals surface area contributed by atoms with Gasteiger partial charge >= 0.3 is 0 Å². The van der Waals surface area contributed by atoms with E-state index in [1.54, 1.807) is 24.3 Å². The van der Waals surface area contributed by atoms with E-state index in [4.69, 9.17) is 5.14 Å². The van der Waals surface area contributed by atoms with Gasteiger partial charge in [0.25, 0.3) is 5.91 Å². The zero-order chi connectivity index (χ0) is 19.3. The van der Waals surface area contributed by atoms with Gasteiger partial charge in [-0.1, -0.05) is 30.7 Å². The Kier molecular flexibility index (Phi) is 6.26. The van der Waals surface area contributed by atoms with E-state index in [1.807, 2.05) is 24.3 Å². The molecular formula is C20H25N3O3S. The van der Waals surface area contributed by atoms with Crippen LogP contribution in [0.3, 0.4) is 0 Å². The number of primary sulfonamides is 1. The smallest absolute Gasteiger partial charge is 0.255 e. The molecule has 0 radical (unpaired) electrons. The molecule has 27 heavy (non-hydrogen) atoms. The SMILES string of the molecule is NS(=O)(=O)Cc1ccc(NC(=O)c2ccc(CN3CCCCC3)cc2)cc1. The summed E-state index contributed by atoms with van der Waals surface area (Å²) in [6.45, 7) is 3.21. The first kappa shape index (κ1) is 19.5. The molecular weight excluding hydrogens is 362 g/mol. The fourth-order valence-electron chi connectivity index (χ4n) is 3.26. The summed E-state index contributed by atoms with van der Waals surface area (Å²) in [5.74, 6) is -0.418. The van der Waals surface area contributed by atoms with Crippen molar-refractivity contribution in [1.29, 1.82) is 0 Å². The predicted molar refractivity (Wildman–Crippen MR) is 107 cm³/mol. The summed E-state index contributed by atoms with van der Waals surface area (Å²) in [6, 6.07) is 14.3. The lowest BCUT2D eigenvalue weighted by molar-refractivity contribution is 0.102. The van der Waals surface area contributed by atoms with E-state index in [0.717, 1.165) is 19.6 Å². The highest BCUT2D eigenvalue weighted by Gasteiger charge is 2.11. The number of nitrogens with two attached hydrogens (primary N) is 1. The molecule has 3 N–H and O–H groups in total. The van der Waals surface area contributed by atoms with Crippen molar-refractivity contribution in [3.8, 4) is 0 Å². The van der Waals surface area contributed by atoms with Gasteiger partial charge in [-0.15, -0.1) is 0 Å². The van der Waals surface area contributed by atoms with Gasteiger partial charge < -0.3 is 5.32 Å². The van der Waals surface area contributed by atoms with Crippen LogP contribution in [0.4, 0.5) is 5.69 Å². The summed E-state index contributed by atoms with van der Waals surface area (Å²) < 4.78 is 22.2. The second kappa shape index (κ2) is 8.65. The molecule has 0 saturated carbocycles. The monoisotopic (exact) mass is 387 g/mol. The van der Waals surface area contributed by atoms with Crippen molar-refractivity contribution in [2.24, 2.45) is 5.14 Å². The Morgan fingerprint density at radius 3 is 2.11 bits per heavy atom. The number of hydrogen-bond acceptors (Lipinski definition) is 4. The predicted octanol–water partition coefficient (Wildman–Crippen LogP) is 2.71. The van der Waals surface area contributed by atoms with Crippen molar-refractivity contribution in [3.05, 3.63) is 65.2 Å². The normalized spacial score (nSPS) is 15.4. The molecule has 1 fully saturated rings. The Labute approximate surface area is 160 Å². The number of benzene rings is 2. The van der Waals surface area contributed by atoms with Crippen molar-refractivity contribution in [1.82, 2.24) is 4.90 Å². The Hall–Kier alpha value is -2.22.